The molecule has 1 aliphatic rings. The van der Waals surface area contributed by atoms with Crippen LogP contribution in [0.1, 0.15) is 49.5 Å². The lowest BCUT2D eigenvalue weighted by atomic mass is 9.95. The molecule has 128 valence electrons. The van der Waals surface area contributed by atoms with Gasteiger partial charge in [0.05, 0.1) is 5.02 Å². The topological polar surface area (TPSA) is 65.2 Å². The Morgan fingerprint density at radius 2 is 2.00 bits per heavy atom. The van der Waals surface area contributed by atoms with E-state index >= 15 is 0 Å². The van der Waals surface area contributed by atoms with Crippen LogP contribution in [-0.4, -0.2) is 41.3 Å². The molecule has 0 unspecified atom stereocenters. The van der Waals surface area contributed by atoms with Crippen LogP contribution >= 0.6 is 23.2 Å². The van der Waals surface area contributed by atoms with Crippen LogP contribution in [0.15, 0.2) is 6.07 Å². The van der Waals surface area contributed by atoms with Crippen molar-refractivity contribution in [2.75, 3.05) is 19.6 Å². The molecular formula is C16H23Cl2N3O2. The Morgan fingerprint density at radius 3 is 2.57 bits per heavy atom. The smallest absolute Gasteiger partial charge is 0.270 e. The van der Waals surface area contributed by atoms with Gasteiger partial charge in [-0.05, 0) is 25.3 Å². The molecule has 0 atom stereocenters. The molecular weight excluding hydrogens is 337 g/mol. The number of piperidine rings is 1. The van der Waals surface area contributed by atoms with E-state index in [0.717, 1.165) is 25.8 Å². The van der Waals surface area contributed by atoms with E-state index in [2.05, 4.69) is 17.2 Å². The molecule has 23 heavy (non-hydrogen) atoms. The highest BCUT2D eigenvalue weighted by molar-refractivity contribution is 6.41. The van der Waals surface area contributed by atoms with Crippen molar-refractivity contribution >= 4 is 35.0 Å². The van der Waals surface area contributed by atoms with Gasteiger partial charge in [-0.2, -0.15) is 0 Å². The Morgan fingerprint density at radius 1 is 1.30 bits per heavy atom. The SMILES string of the molecule is CCCCCNC(=O)C1CCN(C(=O)c2cc(Cl)c(Cl)[nH]2)CC1. The van der Waals surface area contributed by atoms with E-state index in [-0.39, 0.29) is 22.9 Å². The molecule has 0 saturated carbocycles. The number of unbranched alkanes of at least 4 members (excludes halogenated alkanes) is 2. The normalized spacial score (nSPS) is 15.7. The number of carbonyl (C=O) groups is 2. The van der Waals surface area contributed by atoms with Crippen molar-refractivity contribution < 1.29 is 9.59 Å². The number of nitrogens with zero attached hydrogens (tertiary/aromatic N) is 1. The molecule has 0 spiro atoms. The summed E-state index contributed by atoms with van der Waals surface area (Å²) in [7, 11) is 0. The van der Waals surface area contributed by atoms with E-state index in [1.54, 1.807) is 11.0 Å². The van der Waals surface area contributed by atoms with E-state index < -0.39 is 0 Å². The number of hydrogen-bond donors (Lipinski definition) is 2. The summed E-state index contributed by atoms with van der Waals surface area (Å²) in [5.41, 5.74) is 0.391. The van der Waals surface area contributed by atoms with Crippen molar-refractivity contribution in [1.82, 2.24) is 15.2 Å². The number of nitrogens with one attached hydrogen (secondary N) is 2. The summed E-state index contributed by atoms with van der Waals surface area (Å²) in [6.45, 7) is 4.02. The molecule has 0 aliphatic carbocycles. The van der Waals surface area contributed by atoms with Gasteiger partial charge in [-0.3, -0.25) is 9.59 Å². The zero-order valence-electron chi connectivity index (χ0n) is 13.3. The van der Waals surface area contributed by atoms with Crippen LogP contribution in [0.4, 0.5) is 0 Å². The molecule has 1 aliphatic heterocycles. The highest BCUT2D eigenvalue weighted by atomic mass is 35.5. The maximum atomic E-state index is 12.4. The molecule has 1 aromatic heterocycles. The highest BCUT2D eigenvalue weighted by Gasteiger charge is 2.28. The Bertz CT molecular complexity index is 532. The van der Waals surface area contributed by atoms with Crippen molar-refractivity contribution in [3.8, 4) is 0 Å². The Kier molecular flexibility index (Phi) is 6.78. The van der Waals surface area contributed by atoms with Crippen LogP contribution in [0.5, 0.6) is 0 Å². The number of rotatable bonds is 6. The van der Waals surface area contributed by atoms with E-state index in [1.165, 1.54) is 0 Å². The largest absolute Gasteiger partial charge is 0.356 e. The van der Waals surface area contributed by atoms with Crippen molar-refractivity contribution in [3.05, 3.63) is 21.9 Å². The Balaban J connectivity index is 1.79. The van der Waals surface area contributed by atoms with Crippen molar-refractivity contribution in [2.24, 2.45) is 5.92 Å². The van der Waals surface area contributed by atoms with Crippen molar-refractivity contribution in [3.63, 3.8) is 0 Å². The molecule has 1 saturated heterocycles. The molecule has 2 amide bonds. The molecule has 0 bridgehead atoms. The minimum absolute atomic E-state index is 0.00325. The molecule has 2 rings (SSSR count). The molecule has 1 aromatic rings. The Hall–Kier alpha value is -1.20. The minimum atomic E-state index is -0.124. The summed E-state index contributed by atoms with van der Waals surface area (Å²) in [5, 5.41) is 3.61. The van der Waals surface area contributed by atoms with Gasteiger partial charge in [-0.15, -0.1) is 0 Å². The molecule has 2 heterocycles. The average Bonchev–Trinajstić information content (AvgIpc) is 2.90. The first-order valence-electron chi connectivity index (χ1n) is 8.14. The number of aromatic amines is 1. The van der Waals surface area contributed by atoms with Crippen LogP contribution in [0.2, 0.25) is 10.2 Å². The third-order valence-corrected chi connectivity index (χ3v) is 4.88. The summed E-state index contributed by atoms with van der Waals surface area (Å²) in [6, 6.07) is 1.54. The molecule has 5 nitrogen and oxygen atoms in total. The predicted octanol–water partition coefficient (Wildman–Crippen LogP) is 3.48. The van der Waals surface area contributed by atoms with E-state index in [0.29, 0.717) is 36.6 Å². The monoisotopic (exact) mass is 359 g/mol. The number of carbonyl (C=O) groups excluding carboxylic acids is 2. The molecule has 0 aromatic carbocycles. The number of halogens is 2. The summed E-state index contributed by atoms with van der Waals surface area (Å²) in [4.78, 5) is 29.0. The third-order valence-electron chi connectivity index (χ3n) is 4.19. The number of hydrogen-bond acceptors (Lipinski definition) is 2. The van der Waals surface area contributed by atoms with Gasteiger partial charge in [0.2, 0.25) is 5.91 Å². The lowest BCUT2D eigenvalue weighted by molar-refractivity contribution is -0.126. The fourth-order valence-electron chi connectivity index (χ4n) is 2.77. The van der Waals surface area contributed by atoms with Crippen molar-refractivity contribution in [1.29, 1.82) is 0 Å². The van der Waals surface area contributed by atoms with Gasteiger partial charge in [-0.25, -0.2) is 0 Å². The molecule has 2 N–H and O–H groups in total. The first-order chi connectivity index (χ1) is 11.0. The standard InChI is InChI=1S/C16H23Cl2N3O2/c1-2-3-4-7-19-15(22)11-5-8-21(9-6-11)16(23)13-10-12(17)14(18)20-13/h10-11,20H,2-9H2,1H3,(H,19,22). The molecule has 0 radical (unpaired) electrons. The number of H-pyrrole nitrogens is 1. The highest BCUT2D eigenvalue weighted by Crippen LogP contribution is 2.24. The average molecular weight is 360 g/mol. The van der Waals surface area contributed by atoms with Crippen LogP contribution in [0.25, 0.3) is 0 Å². The molecule has 7 heteroatoms. The van der Waals surface area contributed by atoms with E-state index in [9.17, 15) is 9.59 Å². The quantitative estimate of drug-likeness (QED) is 0.763. The lowest BCUT2D eigenvalue weighted by Crippen LogP contribution is -2.43. The summed E-state index contributed by atoms with van der Waals surface area (Å²) in [5.74, 6) is -0.0173. The second-order valence-corrected chi connectivity index (χ2v) is 6.69. The second kappa shape index (κ2) is 8.60. The van der Waals surface area contributed by atoms with Gasteiger partial charge >= 0.3 is 0 Å². The minimum Gasteiger partial charge on any atom is -0.356 e. The van der Waals surface area contributed by atoms with Crippen LogP contribution < -0.4 is 5.32 Å². The Labute approximate surface area is 146 Å². The van der Waals surface area contributed by atoms with Crippen molar-refractivity contribution in [2.45, 2.75) is 39.0 Å². The first kappa shape index (κ1) is 18.1. The summed E-state index contributed by atoms with van der Waals surface area (Å²) >= 11 is 11.7. The maximum Gasteiger partial charge on any atom is 0.270 e. The lowest BCUT2D eigenvalue weighted by Gasteiger charge is -2.31. The summed E-state index contributed by atoms with van der Waals surface area (Å²) < 4.78 is 0. The van der Waals surface area contributed by atoms with Gasteiger partial charge in [0.1, 0.15) is 10.8 Å². The fourth-order valence-corrected chi connectivity index (χ4v) is 3.08. The maximum absolute atomic E-state index is 12.4. The number of amides is 2. The first-order valence-corrected chi connectivity index (χ1v) is 8.89. The van der Waals surface area contributed by atoms with Gasteiger partial charge in [0, 0.05) is 25.6 Å². The van der Waals surface area contributed by atoms with E-state index in [4.69, 9.17) is 23.2 Å². The van der Waals surface area contributed by atoms with Gasteiger partial charge < -0.3 is 15.2 Å². The van der Waals surface area contributed by atoms with Crippen LogP contribution in [0.3, 0.4) is 0 Å². The van der Waals surface area contributed by atoms with Gasteiger partial charge in [0.25, 0.3) is 5.91 Å². The molecule has 1 fully saturated rings. The number of aromatic nitrogens is 1. The zero-order chi connectivity index (χ0) is 16.8. The van der Waals surface area contributed by atoms with Gasteiger partial charge in [-0.1, -0.05) is 43.0 Å². The van der Waals surface area contributed by atoms with Gasteiger partial charge in [0.15, 0.2) is 0 Å². The fraction of sp³-hybridized carbons (Fsp3) is 0.625. The summed E-state index contributed by atoms with van der Waals surface area (Å²) in [6.07, 6.45) is 4.67. The van der Waals surface area contributed by atoms with Crippen LogP contribution in [-0.2, 0) is 4.79 Å². The third kappa shape index (κ3) is 4.88. The van der Waals surface area contributed by atoms with E-state index in [1.807, 2.05) is 0 Å². The van der Waals surface area contributed by atoms with Crippen LogP contribution in [0, 0.1) is 5.92 Å². The second-order valence-electron chi connectivity index (χ2n) is 5.91. The predicted molar refractivity (Wildman–Crippen MR) is 92.0 cm³/mol. The zero-order valence-corrected chi connectivity index (χ0v) is 14.8. The number of likely N-dealkylation sites (tertiary alicyclic amines) is 1.